The van der Waals surface area contributed by atoms with E-state index in [1.165, 1.54) is 16.7 Å². The third-order valence-corrected chi connectivity index (χ3v) is 8.09. The fourth-order valence-corrected chi connectivity index (χ4v) is 6.68. The molecule has 3 heterocycles. The highest BCUT2D eigenvalue weighted by Gasteiger charge is 2.56. The zero-order valence-electron chi connectivity index (χ0n) is 14.7. The highest BCUT2D eigenvalue weighted by atomic mass is 79.9. The number of aromatic amines is 1. The van der Waals surface area contributed by atoms with Gasteiger partial charge in [-0.2, -0.15) is 0 Å². The van der Waals surface area contributed by atoms with Crippen molar-refractivity contribution in [3.05, 3.63) is 73.1 Å². The maximum absolute atomic E-state index is 13.4. The molecule has 6 nitrogen and oxygen atoms in total. The lowest BCUT2D eigenvalue weighted by Gasteiger charge is -2.29. The van der Waals surface area contributed by atoms with Gasteiger partial charge in [0.25, 0.3) is 0 Å². The number of nitrogens with one attached hydrogen (secondary N) is 1. The minimum Gasteiger partial charge on any atom is -0.508 e. The molecule has 1 aromatic heterocycles. The van der Waals surface area contributed by atoms with Gasteiger partial charge in [-0.15, -0.1) is 0 Å². The fraction of sp³-hybridized carbons (Fsp3) is 0.150. The summed E-state index contributed by atoms with van der Waals surface area (Å²) in [6, 6.07) is 13.6. The monoisotopic (exact) mass is 488 g/mol. The number of nitrogens with zero attached hydrogens (tertiary/aromatic N) is 1. The smallest absolute Gasteiger partial charge is 0.305 e. The molecule has 2 aliphatic rings. The van der Waals surface area contributed by atoms with E-state index in [0.29, 0.717) is 10.7 Å². The molecular weight excluding hydrogens is 476 g/mol. The molecule has 0 radical (unpaired) electrons. The van der Waals surface area contributed by atoms with E-state index in [1.54, 1.807) is 48.5 Å². The molecule has 9 heteroatoms. The van der Waals surface area contributed by atoms with Crippen molar-refractivity contribution >= 4 is 56.5 Å². The van der Waals surface area contributed by atoms with Crippen molar-refractivity contribution in [1.82, 2.24) is 4.98 Å². The lowest BCUT2D eigenvalue weighted by molar-refractivity contribution is -0.122. The number of aromatic nitrogens is 1. The van der Waals surface area contributed by atoms with Crippen LogP contribution in [0.15, 0.2) is 62.8 Å². The number of amides is 2. The number of imide groups is 1. The first-order chi connectivity index (χ1) is 13.9. The Balaban J connectivity index is 1.64. The standard InChI is InChI=1S/C20H13BrN2O4S2/c21-10-3-5-11(6-4-10)23-18(25)14-13(9-1-7-12(24)8-2-9)15-17(22-20(27)29-15)28-16(14)19(23)26/h1-8,13-14,16,24H,(H,22,27)/t13-,14+,16+/m0/s1. The van der Waals surface area contributed by atoms with E-state index < -0.39 is 17.1 Å². The van der Waals surface area contributed by atoms with Crippen LogP contribution < -0.4 is 9.77 Å². The summed E-state index contributed by atoms with van der Waals surface area (Å²) in [5, 5.41) is 9.67. The largest absolute Gasteiger partial charge is 0.508 e. The third-order valence-electron chi connectivity index (χ3n) is 5.16. The van der Waals surface area contributed by atoms with Crippen molar-refractivity contribution in [2.75, 3.05) is 4.90 Å². The topological polar surface area (TPSA) is 90.5 Å². The number of thioether (sulfide) groups is 1. The quantitative estimate of drug-likeness (QED) is 0.536. The fourth-order valence-electron chi connectivity index (χ4n) is 3.90. The van der Waals surface area contributed by atoms with Gasteiger partial charge in [-0.3, -0.25) is 14.4 Å². The summed E-state index contributed by atoms with van der Waals surface area (Å²) in [6.45, 7) is 0. The number of aromatic hydroxyl groups is 1. The Labute approximate surface area is 181 Å². The van der Waals surface area contributed by atoms with Crippen molar-refractivity contribution in [2.45, 2.75) is 16.2 Å². The van der Waals surface area contributed by atoms with E-state index in [0.717, 1.165) is 26.3 Å². The summed E-state index contributed by atoms with van der Waals surface area (Å²) in [7, 11) is 0. The van der Waals surface area contributed by atoms with Gasteiger partial charge in [0.05, 0.1) is 16.6 Å². The van der Waals surface area contributed by atoms with Gasteiger partial charge in [0, 0.05) is 15.3 Å². The third kappa shape index (κ3) is 2.95. The van der Waals surface area contributed by atoms with E-state index in [9.17, 15) is 19.5 Å². The van der Waals surface area contributed by atoms with Crippen LogP contribution in [0.5, 0.6) is 5.75 Å². The Morgan fingerprint density at radius 2 is 1.66 bits per heavy atom. The van der Waals surface area contributed by atoms with Gasteiger partial charge in [-0.05, 0) is 42.0 Å². The number of phenols is 1. The number of carbonyl (C=O) groups is 2. The first-order valence-electron chi connectivity index (χ1n) is 8.76. The zero-order valence-corrected chi connectivity index (χ0v) is 17.9. The first kappa shape index (κ1) is 18.7. The summed E-state index contributed by atoms with van der Waals surface area (Å²) >= 11 is 5.68. The SMILES string of the molecule is O=C1[C@@H]2[C@H](c3ccc(O)cc3)c3sc(=O)[nH]c3S[C@H]2C(=O)N1c1ccc(Br)cc1. The molecule has 3 aromatic rings. The van der Waals surface area contributed by atoms with Crippen molar-refractivity contribution < 1.29 is 14.7 Å². The number of fused-ring (bicyclic) bond motifs is 2. The molecule has 0 bridgehead atoms. The van der Waals surface area contributed by atoms with Gasteiger partial charge in [-0.25, -0.2) is 4.90 Å². The lowest BCUT2D eigenvalue weighted by atomic mass is 9.83. The first-order valence-corrected chi connectivity index (χ1v) is 11.2. The van der Waals surface area contributed by atoms with Gasteiger partial charge in [0.1, 0.15) is 11.0 Å². The summed E-state index contributed by atoms with van der Waals surface area (Å²) < 4.78 is 0.855. The summed E-state index contributed by atoms with van der Waals surface area (Å²) in [4.78, 5) is 43.3. The predicted octanol–water partition coefficient (Wildman–Crippen LogP) is 3.70. The van der Waals surface area contributed by atoms with E-state index in [-0.39, 0.29) is 22.4 Å². The summed E-state index contributed by atoms with van der Waals surface area (Å²) in [6.07, 6.45) is 0. The minimum absolute atomic E-state index is 0.114. The average molecular weight is 489 g/mol. The van der Waals surface area contributed by atoms with Crippen LogP contribution in [0.4, 0.5) is 5.69 Å². The van der Waals surface area contributed by atoms with Crippen LogP contribution in [-0.2, 0) is 9.59 Å². The van der Waals surface area contributed by atoms with E-state index in [4.69, 9.17) is 0 Å². The van der Waals surface area contributed by atoms with Crippen LogP contribution in [-0.4, -0.2) is 27.2 Å². The molecule has 146 valence electrons. The van der Waals surface area contributed by atoms with Crippen LogP contribution in [0.2, 0.25) is 0 Å². The van der Waals surface area contributed by atoms with E-state index in [2.05, 4.69) is 20.9 Å². The number of thiazole rings is 1. The summed E-state index contributed by atoms with van der Waals surface area (Å²) in [5.41, 5.74) is 1.31. The molecule has 1 fully saturated rings. The highest BCUT2D eigenvalue weighted by Crippen LogP contribution is 2.53. The number of rotatable bonds is 2. The van der Waals surface area contributed by atoms with Crippen LogP contribution in [0.3, 0.4) is 0 Å². The van der Waals surface area contributed by atoms with Gasteiger partial charge in [-0.1, -0.05) is 51.2 Å². The number of anilines is 1. The number of phenolic OH excluding ortho intramolecular Hbond substituents is 1. The predicted molar refractivity (Wildman–Crippen MR) is 115 cm³/mol. The lowest BCUT2D eigenvalue weighted by Crippen LogP contribution is -2.32. The van der Waals surface area contributed by atoms with Crippen LogP contribution in [0.25, 0.3) is 0 Å². The second-order valence-corrected chi connectivity index (χ2v) is 9.91. The average Bonchev–Trinajstić information content (AvgIpc) is 3.19. The normalized spacial score (nSPS) is 23.2. The summed E-state index contributed by atoms with van der Waals surface area (Å²) in [5.74, 6) is -1.51. The Morgan fingerprint density at radius 3 is 2.34 bits per heavy atom. The van der Waals surface area contributed by atoms with Crippen LogP contribution >= 0.6 is 39.0 Å². The number of halogens is 1. The highest BCUT2D eigenvalue weighted by molar-refractivity contribution is 9.10. The molecule has 1 saturated heterocycles. The van der Waals surface area contributed by atoms with Gasteiger partial charge in [0.2, 0.25) is 11.8 Å². The van der Waals surface area contributed by atoms with Crippen molar-refractivity contribution in [2.24, 2.45) is 5.92 Å². The molecule has 0 unspecified atom stereocenters. The number of hydrogen-bond acceptors (Lipinski definition) is 6. The van der Waals surface area contributed by atoms with Crippen molar-refractivity contribution in [3.8, 4) is 5.75 Å². The molecule has 29 heavy (non-hydrogen) atoms. The molecule has 2 aliphatic heterocycles. The van der Waals surface area contributed by atoms with Crippen LogP contribution in [0, 0.1) is 5.92 Å². The zero-order chi connectivity index (χ0) is 20.3. The van der Waals surface area contributed by atoms with Gasteiger partial charge >= 0.3 is 4.87 Å². The van der Waals surface area contributed by atoms with E-state index in [1.807, 2.05) is 0 Å². The van der Waals surface area contributed by atoms with E-state index >= 15 is 0 Å². The number of benzene rings is 2. The van der Waals surface area contributed by atoms with Gasteiger partial charge in [0.15, 0.2) is 0 Å². The Morgan fingerprint density at radius 1 is 0.966 bits per heavy atom. The number of H-pyrrole nitrogens is 1. The maximum atomic E-state index is 13.4. The second kappa shape index (κ2) is 6.86. The molecule has 2 N–H and O–H groups in total. The Hall–Kier alpha value is -2.36. The molecule has 2 aromatic carbocycles. The molecule has 0 aliphatic carbocycles. The molecule has 0 saturated carbocycles. The Bertz CT molecular complexity index is 1190. The second-order valence-electron chi connectivity index (χ2n) is 6.83. The molecule has 3 atom stereocenters. The maximum Gasteiger partial charge on any atom is 0.305 e. The number of hydrogen-bond donors (Lipinski definition) is 2. The van der Waals surface area contributed by atoms with Crippen molar-refractivity contribution in [1.29, 1.82) is 0 Å². The Kier molecular flexibility index (Phi) is 4.41. The van der Waals surface area contributed by atoms with Gasteiger partial charge < -0.3 is 10.1 Å². The van der Waals surface area contributed by atoms with Crippen molar-refractivity contribution in [3.63, 3.8) is 0 Å². The number of carbonyl (C=O) groups excluding carboxylic acids is 2. The van der Waals surface area contributed by atoms with Crippen LogP contribution in [0.1, 0.15) is 16.4 Å². The molecule has 2 amide bonds. The minimum atomic E-state index is -0.625. The molecule has 0 spiro atoms. The molecular formula is C20H13BrN2O4S2. The molecule has 5 rings (SSSR count).